The van der Waals surface area contributed by atoms with Gasteiger partial charge in [-0.2, -0.15) is 12.1 Å². The van der Waals surface area contributed by atoms with E-state index in [1.807, 2.05) is 0 Å². The summed E-state index contributed by atoms with van der Waals surface area (Å²) in [4.78, 5) is 0. The molecule has 0 aliphatic heterocycles. The summed E-state index contributed by atoms with van der Waals surface area (Å²) in [5.41, 5.74) is 9.83. The van der Waals surface area contributed by atoms with Crippen molar-refractivity contribution in [2.24, 2.45) is 0 Å². The summed E-state index contributed by atoms with van der Waals surface area (Å²) in [5.74, 6) is 0.563. The maximum atomic E-state index is 2.41. The van der Waals surface area contributed by atoms with Crippen molar-refractivity contribution >= 4 is 48.5 Å². The quantitative estimate of drug-likeness (QED) is 0.117. The molecule has 0 radical (unpaired) electrons. The predicted molar refractivity (Wildman–Crippen MR) is 220 cm³/mol. The number of rotatable bonds is 6. The largest absolute Gasteiger partial charge is 1.00 e. The van der Waals surface area contributed by atoms with Gasteiger partial charge in [-0.25, -0.2) is 0 Å². The molecule has 8 aromatic rings. The van der Waals surface area contributed by atoms with Crippen molar-refractivity contribution in [1.29, 1.82) is 0 Å². The van der Waals surface area contributed by atoms with Gasteiger partial charge in [0.2, 0.25) is 0 Å². The molecule has 0 amide bonds. The van der Waals surface area contributed by atoms with Crippen LogP contribution in [0.25, 0.3) is 65.3 Å². The molecule has 4 heteroatoms. The van der Waals surface area contributed by atoms with Gasteiger partial charge in [0.1, 0.15) is 0 Å². The molecule has 8 aromatic carbocycles. The first-order valence-electron chi connectivity index (χ1n) is 18.1. The number of hydrogen-bond acceptors (Lipinski definition) is 0. The second kappa shape index (κ2) is 19.2. The average Bonchev–Trinajstić information content (AvgIpc) is 3.77. The van der Waals surface area contributed by atoms with E-state index in [0.29, 0.717) is 5.92 Å². The zero-order chi connectivity index (χ0) is 35.2. The molecular formula is C48H48Cl2SiZr-2. The van der Waals surface area contributed by atoms with Crippen LogP contribution < -0.4 is 24.8 Å². The van der Waals surface area contributed by atoms with Crippen LogP contribution in [-0.2, 0) is 29.8 Å². The van der Waals surface area contributed by atoms with Gasteiger partial charge in [-0.3, -0.25) is 0 Å². The van der Waals surface area contributed by atoms with Crippen LogP contribution in [0.1, 0.15) is 56.2 Å². The van der Waals surface area contributed by atoms with Crippen molar-refractivity contribution in [3.8, 4) is 22.3 Å². The van der Waals surface area contributed by atoms with Crippen LogP contribution in [0.3, 0.4) is 0 Å². The van der Waals surface area contributed by atoms with Crippen molar-refractivity contribution in [1.82, 2.24) is 0 Å². The van der Waals surface area contributed by atoms with E-state index in [1.54, 1.807) is 23.3 Å². The molecule has 0 saturated carbocycles. The van der Waals surface area contributed by atoms with E-state index in [-0.39, 0.29) is 30.2 Å². The number of halogens is 2. The Morgan fingerprint density at radius 3 is 1.65 bits per heavy atom. The zero-order valence-electron chi connectivity index (χ0n) is 31.2. The minimum atomic E-state index is 0. The Bertz CT molecular complexity index is 2400. The van der Waals surface area contributed by atoms with Crippen LogP contribution in [-0.4, -0.2) is 5.43 Å². The van der Waals surface area contributed by atoms with Gasteiger partial charge in [-0.15, -0.1) is 68.6 Å². The van der Waals surface area contributed by atoms with Gasteiger partial charge in [0.25, 0.3) is 0 Å². The van der Waals surface area contributed by atoms with E-state index < -0.39 is 0 Å². The molecule has 0 atom stereocenters. The van der Waals surface area contributed by atoms with Crippen LogP contribution in [0.2, 0.25) is 13.1 Å². The molecule has 0 N–H and O–H groups in total. The second-order valence-electron chi connectivity index (χ2n) is 14.0. The Hall–Kier alpha value is -3.26. The third-order valence-electron chi connectivity index (χ3n) is 9.58. The summed E-state index contributed by atoms with van der Waals surface area (Å²) in [7, 11) is 0. The third kappa shape index (κ3) is 9.45. The normalized spacial score (nSPS) is 10.7. The Kier molecular flexibility index (Phi) is 15.3. The van der Waals surface area contributed by atoms with Crippen LogP contribution in [0.4, 0.5) is 0 Å². The summed E-state index contributed by atoms with van der Waals surface area (Å²) in [6, 6.07) is 51.2. The number of unbranched alkanes of at least 4 members (excludes halogenated alkanes) is 1. The fourth-order valence-electron chi connectivity index (χ4n) is 7.01. The van der Waals surface area contributed by atoms with E-state index in [9.17, 15) is 0 Å². The van der Waals surface area contributed by atoms with Gasteiger partial charge < -0.3 is 24.8 Å². The van der Waals surface area contributed by atoms with E-state index in [0.717, 1.165) is 0 Å². The third-order valence-corrected chi connectivity index (χ3v) is 9.58. The maximum Gasteiger partial charge on any atom is -1.00 e. The Morgan fingerprint density at radius 2 is 1.10 bits per heavy atom. The first-order valence-corrected chi connectivity index (χ1v) is 24.3. The summed E-state index contributed by atoms with van der Waals surface area (Å²) in [5, 5.41) is 10.8. The first-order chi connectivity index (χ1) is 24.2. The molecule has 264 valence electrons. The molecule has 0 unspecified atom stereocenters. The van der Waals surface area contributed by atoms with Crippen LogP contribution in [0, 0.1) is 6.92 Å². The van der Waals surface area contributed by atoms with Crippen molar-refractivity contribution in [2.45, 2.75) is 66.0 Å². The molecule has 52 heavy (non-hydrogen) atoms. The van der Waals surface area contributed by atoms with Crippen LogP contribution in [0.5, 0.6) is 0 Å². The monoisotopic (exact) mass is 812 g/mol. The summed E-state index contributed by atoms with van der Waals surface area (Å²) in [6.07, 6.45) is 3.69. The van der Waals surface area contributed by atoms with E-state index in [2.05, 4.69) is 180 Å². The summed E-state index contributed by atoms with van der Waals surface area (Å²) < 4.78 is 0. The van der Waals surface area contributed by atoms with Gasteiger partial charge in [0.05, 0.1) is 0 Å². The molecule has 0 aliphatic rings. The van der Waals surface area contributed by atoms with Crippen molar-refractivity contribution in [3.05, 3.63) is 156 Å². The molecule has 0 heterocycles. The van der Waals surface area contributed by atoms with Crippen LogP contribution >= 0.6 is 0 Å². The van der Waals surface area contributed by atoms with Crippen LogP contribution in [0.15, 0.2) is 140 Å². The fraction of sp³-hybridized carbons (Fsp3) is 0.208. The molecule has 0 nitrogen and oxygen atoms in total. The van der Waals surface area contributed by atoms with E-state index in [4.69, 9.17) is 0 Å². The summed E-state index contributed by atoms with van der Waals surface area (Å²) in [6.45, 7) is 13.6. The molecule has 0 saturated heterocycles. The van der Waals surface area contributed by atoms with E-state index >= 15 is 0 Å². The van der Waals surface area contributed by atoms with Gasteiger partial charge in [-0.05, 0) is 45.0 Å². The van der Waals surface area contributed by atoms with E-state index in [1.165, 1.54) is 101 Å². The smallest absolute Gasteiger partial charge is 1.00 e. The zero-order valence-corrected chi connectivity index (χ0v) is 36.2. The minimum absolute atomic E-state index is 0. The second-order valence-corrected chi connectivity index (χ2v) is 23.4. The molecule has 0 fully saturated rings. The number of fused-ring (bicyclic) bond motifs is 4. The first kappa shape index (κ1) is 41.5. The fourth-order valence-corrected chi connectivity index (χ4v) is 7.01. The van der Waals surface area contributed by atoms with Crippen molar-refractivity contribution in [2.75, 3.05) is 0 Å². The molecule has 0 aliphatic carbocycles. The minimum Gasteiger partial charge on any atom is -1.00 e. The summed E-state index contributed by atoms with van der Waals surface area (Å²) >= 11 is 1.74. The van der Waals surface area contributed by atoms with Gasteiger partial charge in [0, 0.05) is 0 Å². The van der Waals surface area contributed by atoms with Gasteiger partial charge in [0.15, 0.2) is 0 Å². The molecule has 0 bridgehead atoms. The Labute approximate surface area is 338 Å². The average molecular weight is 815 g/mol. The van der Waals surface area contributed by atoms with Crippen molar-refractivity contribution < 1.29 is 48.1 Å². The molecule has 8 rings (SSSR count). The maximum absolute atomic E-state index is 2.41. The van der Waals surface area contributed by atoms with Gasteiger partial charge >= 0.3 is 41.9 Å². The number of benzene rings is 6. The Morgan fingerprint density at radius 1 is 0.596 bits per heavy atom. The predicted octanol–water partition coefficient (Wildman–Crippen LogP) is 8.32. The standard InChI is InChI=1S/C24H23.C22H19.C2H6Si.2ClH.Zr/c1-3-4-8-18-15-23-17(2)13-14-22(24(23)16-18)21-12-7-10-19-9-5-6-11-20(19)21;1-15(2)18-13-17-9-6-12-21(22(17)14-18)20-11-5-8-16-7-3-4-10-19(16)20;1-3-2;;;/h5-7,9-16H,3-4,8H2,1-2H3;3-15H,1-2H3;1-2H3;2*1H;/q2*-1;;;;+2/p-2. The molecular weight excluding hydrogens is 767 g/mol. The van der Waals surface area contributed by atoms with Crippen molar-refractivity contribution in [3.63, 3.8) is 0 Å². The SMILES string of the molecule is CC(C)c1cc2c(-c3cccc4ccccc34)cccc2[cH-]1.CCCCc1cc2c(-c3cccc4ccccc34)ccc(C)c2[cH-]1.C[Si](C)=[Zr+2].[Cl-].[Cl-]. The molecule has 0 aromatic heterocycles. The molecule has 0 spiro atoms. The number of hydrogen-bond donors (Lipinski definition) is 0. The topological polar surface area (TPSA) is 0 Å². The van der Waals surface area contributed by atoms with Gasteiger partial charge in [-0.1, -0.05) is 149 Å². The number of aryl methyl sites for hydroxylation is 2. The Balaban J connectivity index is 0.000000205.